The third-order valence-electron chi connectivity index (χ3n) is 5.48. The molecule has 2 amide bonds. The van der Waals surface area contributed by atoms with Gasteiger partial charge in [-0.1, -0.05) is 37.3 Å². The second-order valence-electron chi connectivity index (χ2n) is 7.57. The van der Waals surface area contributed by atoms with Gasteiger partial charge in [-0.15, -0.1) is 0 Å². The second-order valence-corrected chi connectivity index (χ2v) is 7.57. The van der Waals surface area contributed by atoms with E-state index in [4.69, 9.17) is 4.52 Å². The molecule has 7 heteroatoms. The molecule has 3 rings (SSSR count). The van der Waals surface area contributed by atoms with Crippen molar-refractivity contribution in [1.29, 1.82) is 0 Å². The van der Waals surface area contributed by atoms with Gasteiger partial charge in [-0.25, -0.2) is 0 Å². The molecule has 26 heavy (non-hydrogen) atoms. The molecule has 1 aromatic heterocycles. The van der Waals surface area contributed by atoms with Crippen molar-refractivity contribution in [2.24, 2.45) is 5.92 Å². The van der Waals surface area contributed by atoms with Gasteiger partial charge in [0, 0.05) is 38.7 Å². The number of nitrogens with zero attached hydrogens (tertiary/aromatic N) is 3. The van der Waals surface area contributed by atoms with E-state index in [2.05, 4.69) is 15.4 Å². The molecule has 1 aliphatic carbocycles. The van der Waals surface area contributed by atoms with E-state index in [0.29, 0.717) is 37.6 Å². The molecule has 0 atom stereocenters. The average molecular weight is 362 g/mol. The fourth-order valence-corrected chi connectivity index (χ4v) is 3.93. The Labute approximate surface area is 155 Å². The van der Waals surface area contributed by atoms with Crippen molar-refractivity contribution in [2.75, 3.05) is 38.0 Å². The second kappa shape index (κ2) is 9.16. The van der Waals surface area contributed by atoms with Crippen LogP contribution in [0.3, 0.4) is 0 Å². The molecule has 1 N–H and O–H groups in total. The highest BCUT2D eigenvalue weighted by molar-refractivity contribution is 5.91. The molecule has 0 radical (unpaired) electrons. The summed E-state index contributed by atoms with van der Waals surface area (Å²) in [5.74, 6) is 2.04. The number of aryl methyl sites for hydroxylation is 1. The van der Waals surface area contributed by atoms with Crippen LogP contribution in [0, 0.1) is 12.8 Å². The Morgan fingerprint density at radius 2 is 1.92 bits per heavy atom. The summed E-state index contributed by atoms with van der Waals surface area (Å²) in [6.07, 6.45) is 8.31. The van der Waals surface area contributed by atoms with E-state index in [1.54, 1.807) is 13.0 Å². The van der Waals surface area contributed by atoms with Crippen LogP contribution in [-0.4, -0.2) is 59.5 Å². The fourth-order valence-electron chi connectivity index (χ4n) is 3.93. The lowest BCUT2D eigenvalue weighted by Crippen LogP contribution is -2.50. The summed E-state index contributed by atoms with van der Waals surface area (Å²) < 4.78 is 4.94. The number of anilines is 1. The first kappa shape index (κ1) is 18.9. The van der Waals surface area contributed by atoms with Crippen molar-refractivity contribution in [3.63, 3.8) is 0 Å². The third-order valence-corrected chi connectivity index (χ3v) is 5.48. The molecular formula is C19H30N4O3. The van der Waals surface area contributed by atoms with Crippen LogP contribution >= 0.6 is 0 Å². The van der Waals surface area contributed by atoms with E-state index in [-0.39, 0.29) is 11.8 Å². The lowest BCUT2D eigenvalue weighted by Gasteiger charge is -2.34. The molecule has 1 saturated carbocycles. The Kier molecular flexibility index (Phi) is 6.66. The predicted octanol–water partition coefficient (Wildman–Crippen LogP) is 2.43. The lowest BCUT2D eigenvalue weighted by molar-refractivity contribution is -0.133. The molecule has 0 aromatic carbocycles. The predicted molar refractivity (Wildman–Crippen MR) is 98.7 cm³/mol. The standard InChI is InChI=1S/C19H30N4O3/c1-15-13-17(21-26-15)20-18(24)14-22-9-11-23(12-10-22)19(25)8-7-16-5-3-2-4-6-16/h13,16H,2-12,14H2,1H3,(H,20,21,24). The number of amides is 2. The summed E-state index contributed by atoms with van der Waals surface area (Å²) in [5.41, 5.74) is 0. The van der Waals surface area contributed by atoms with Crippen LogP contribution in [0.4, 0.5) is 5.82 Å². The molecule has 0 bridgehead atoms. The van der Waals surface area contributed by atoms with Crippen LogP contribution in [0.1, 0.15) is 50.7 Å². The topological polar surface area (TPSA) is 78.7 Å². The summed E-state index contributed by atoms with van der Waals surface area (Å²) in [5, 5.41) is 6.50. The van der Waals surface area contributed by atoms with Crippen molar-refractivity contribution in [1.82, 2.24) is 15.0 Å². The van der Waals surface area contributed by atoms with E-state index < -0.39 is 0 Å². The quantitative estimate of drug-likeness (QED) is 0.841. The van der Waals surface area contributed by atoms with Gasteiger partial charge in [-0.2, -0.15) is 0 Å². The molecule has 2 heterocycles. The van der Waals surface area contributed by atoms with Crippen LogP contribution in [0.25, 0.3) is 0 Å². The molecule has 7 nitrogen and oxygen atoms in total. The first-order valence-corrected chi connectivity index (χ1v) is 9.83. The monoisotopic (exact) mass is 362 g/mol. The zero-order chi connectivity index (χ0) is 18.4. The molecule has 1 aliphatic heterocycles. The lowest BCUT2D eigenvalue weighted by atomic mass is 9.86. The Morgan fingerprint density at radius 1 is 1.19 bits per heavy atom. The molecule has 0 unspecified atom stereocenters. The van der Waals surface area contributed by atoms with E-state index in [0.717, 1.165) is 25.4 Å². The average Bonchev–Trinajstić information content (AvgIpc) is 3.05. The van der Waals surface area contributed by atoms with Gasteiger partial charge in [0.1, 0.15) is 5.76 Å². The number of hydrogen-bond acceptors (Lipinski definition) is 5. The summed E-state index contributed by atoms with van der Waals surface area (Å²) >= 11 is 0. The first-order valence-electron chi connectivity index (χ1n) is 9.83. The third kappa shape index (κ3) is 5.56. The van der Waals surface area contributed by atoms with Crippen LogP contribution in [-0.2, 0) is 9.59 Å². The minimum atomic E-state index is -0.102. The van der Waals surface area contributed by atoms with Crippen molar-refractivity contribution >= 4 is 17.6 Å². The van der Waals surface area contributed by atoms with Gasteiger partial charge in [0.05, 0.1) is 6.54 Å². The van der Waals surface area contributed by atoms with Gasteiger partial charge in [0.2, 0.25) is 11.8 Å². The van der Waals surface area contributed by atoms with E-state index in [1.165, 1.54) is 32.1 Å². The minimum absolute atomic E-state index is 0.102. The van der Waals surface area contributed by atoms with Gasteiger partial charge in [0.25, 0.3) is 0 Å². The fraction of sp³-hybridized carbons (Fsp3) is 0.737. The zero-order valence-corrected chi connectivity index (χ0v) is 15.7. The molecule has 1 aromatic rings. The maximum atomic E-state index is 12.4. The Morgan fingerprint density at radius 3 is 2.58 bits per heavy atom. The van der Waals surface area contributed by atoms with Gasteiger partial charge >= 0.3 is 0 Å². The summed E-state index contributed by atoms with van der Waals surface area (Å²) in [4.78, 5) is 28.5. The number of hydrogen-bond donors (Lipinski definition) is 1. The SMILES string of the molecule is Cc1cc(NC(=O)CN2CCN(C(=O)CCC3CCCCC3)CC2)no1. The summed E-state index contributed by atoms with van der Waals surface area (Å²) in [7, 11) is 0. The molecular weight excluding hydrogens is 332 g/mol. The highest BCUT2D eigenvalue weighted by atomic mass is 16.5. The van der Waals surface area contributed by atoms with Gasteiger partial charge in [0.15, 0.2) is 5.82 Å². The van der Waals surface area contributed by atoms with E-state index in [1.807, 2.05) is 4.90 Å². The molecule has 2 aliphatic rings. The normalized spacial score (nSPS) is 19.5. The number of rotatable bonds is 6. The molecule has 144 valence electrons. The maximum Gasteiger partial charge on any atom is 0.239 e. The van der Waals surface area contributed by atoms with Crippen LogP contribution < -0.4 is 5.32 Å². The maximum absolute atomic E-state index is 12.4. The Bertz CT molecular complexity index is 602. The Balaban J connectivity index is 1.34. The van der Waals surface area contributed by atoms with Gasteiger partial charge in [-0.3, -0.25) is 14.5 Å². The number of carbonyl (C=O) groups is 2. The number of aromatic nitrogens is 1. The molecule has 2 fully saturated rings. The minimum Gasteiger partial charge on any atom is -0.360 e. The zero-order valence-electron chi connectivity index (χ0n) is 15.7. The molecule has 1 saturated heterocycles. The highest BCUT2D eigenvalue weighted by Gasteiger charge is 2.23. The van der Waals surface area contributed by atoms with Crippen molar-refractivity contribution in [3.05, 3.63) is 11.8 Å². The summed E-state index contributed by atoms with van der Waals surface area (Å²) in [6, 6.07) is 1.70. The smallest absolute Gasteiger partial charge is 0.239 e. The number of nitrogens with one attached hydrogen (secondary N) is 1. The number of piperazine rings is 1. The van der Waals surface area contributed by atoms with Crippen molar-refractivity contribution in [3.8, 4) is 0 Å². The highest BCUT2D eigenvalue weighted by Crippen LogP contribution is 2.27. The van der Waals surface area contributed by atoms with Crippen LogP contribution in [0.15, 0.2) is 10.6 Å². The van der Waals surface area contributed by atoms with E-state index in [9.17, 15) is 9.59 Å². The largest absolute Gasteiger partial charge is 0.360 e. The van der Waals surface area contributed by atoms with Crippen LogP contribution in [0.5, 0.6) is 0 Å². The van der Waals surface area contributed by atoms with Gasteiger partial charge in [-0.05, 0) is 19.3 Å². The van der Waals surface area contributed by atoms with Crippen molar-refractivity contribution in [2.45, 2.75) is 51.9 Å². The van der Waals surface area contributed by atoms with Crippen molar-refractivity contribution < 1.29 is 14.1 Å². The van der Waals surface area contributed by atoms with Gasteiger partial charge < -0.3 is 14.7 Å². The summed E-state index contributed by atoms with van der Waals surface area (Å²) in [6.45, 7) is 4.99. The molecule has 0 spiro atoms. The Hall–Kier alpha value is -1.89. The van der Waals surface area contributed by atoms with Crippen LogP contribution in [0.2, 0.25) is 0 Å². The van der Waals surface area contributed by atoms with E-state index >= 15 is 0 Å². The first-order chi connectivity index (χ1) is 12.6. The number of carbonyl (C=O) groups excluding carboxylic acids is 2.